The first-order valence-corrected chi connectivity index (χ1v) is 5.04. The number of ether oxygens (including phenoxy) is 2. The first kappa shape index (κ1) is 10.7. The monoisotopic (exact) mass is 220 g/mol. The van der Waals surface area contributed by atoms with E-state index in [1.165, 1.54) is 6.92 Å². The molecule has 0 aromatic heterocycles. The zero-order valence-corrected chi connectivity index (χ0v) is 9.15. The van der Waals surface area contributed by atoms with Gasteiger partial charge in [-0.3, -0.25) is 9.59 Å². The summed E-state index contributed by atoms with van der Waals surface area (Å²) in [5.74, 6) is -0.0299. The first-order chi connectivity index (χ1) is 7.56. The van der Waals surface area contributed by atoms with Crippen LogP contribution in [0.1, 0.15) is 29.3 Å². The summed E-state index contributed by atoms with van der Waals surface area (Å²) in [6, 6.07) is 5.35. The summed E-state index contributed by atoms with van der Waals surface area (Å²) >= 11 is 0. The molecule has 1 atom stereocenters. The van der Waals surface area contributed by atoms with Crippen molar-refractivity contribution in [3.63, 3.8) is 0 Å². The quantitative estimate of drug-likeness (QED) is 0.678. The van der Waals surface area contributed by atoms with Crippen LogP contribution in [-0.4, -0.2) is 18.0 Å². The van der Waals surface area contributed by atoms with Crippen molar-refractivity contribution in [3.05, 3.63) is 29.3 Å². The molecule has 0 bridgehead atoms. The molecule has 2 rings (SSSR count). The number of carbonyl (C=O) groups excluding carboxylic acids is 2. The Morgan fingerprint density at radius 1 is 1.50 bits per heavy atom. The van der Waals surface area contributed by atoms with Crippen molar-refractivity contribution in [2.24, 2.45) is 0 Å². The number of rotatable bonds is 1. The summed E-state index contributed by atoms with van der Waals surface area (Å²) in [5, 5.41) is 0. The number of hydrogen-bond acceptors (Lipinski definition) is 4. The Kier molecular flexibility index (Phi) is 2.64. The predicted molar refractivity (Wildman–Crippen MR) is 56.3 cm³/mol. The van der Waals surface area contributed by atoms with Gasteiger partial charge in [-0.25, -0.2) is 0 Å². The van der Waals surface area contributed by atoms with E-state index < -0.39 is 12.3 Å². The highest BCUT2D eigenvalue weighted by Gasteiger charge is 2.28. The molecule has 1 unspecified atom stereocenters. The standard InChI is InChI=1S/C12H12O4/c1-7-3-4-11-9(5-7)10(14)6-12(16-11)15-8(2)13/h3-5,12H,6H2,1-2H3. The molecule has 0 fully saturated rings. The van der Waals surface area contributed by atoms with Gasteiger partial charge in [0.05, 0.1) is 12.0 Å². The summed E-state index contributed by atoms with van der Waals surface area (Å²) in [4.78, 5) is 22.5. The van der Waals surface area contributed by atoms with Crippen molar-refractivity contribution in [2.45, 2.75) is 26.6 Å². The van der Waals surface area contributed by atoms with E-state index in [1.54, 1.807) is 12.1 Å². The molecule has 4 nitrogen and oxygen atoms in total. The minimum atomic E-state index is -0.791. The Hall–Kier alpha value is -1.84. The van der Waals surface area contributed by atoms with E-state index in [-0.39, 0.29) is 12.2 Å². The number of hydrogen-bond donors (Lipinski definition) is 0. The zero-order chi connectivity index (χ0) is 11.7. The minimum absolute atomic E-state index is 0.0591. The zero-order valence-electron chi connectivity index (χ0n) is 9.15. The third-order valence-electron chi connectivity index (χ3n) is 2.34. The Balaban J connectivity index is 2.26. The smallest absolute Gasteiger partial charge is 0.305 e. The van der Waals surface area contributed by atoms with Crippen LogP contribution in [0.2, 0.25) is 0 Å². The molecule has 0 spiro atoms. The van der Waals surface area contributed by atoms with Crippen molar-refractivity contribution in [1.29, 1.82) is 0 Å². The molecule has 16 heavy (non-hydrogen) atoms. The van der Waals surface area contributed by atoms with Gasteiger partial charge in [-0.15, -0.1) is 0 Å². The van der Waals surface area contributed by atoms with Crippen LogP contribution >= 0.6 is 0 Å². The van der Waals surface area contributed by atoms with Crippen LogP contribution in [-0.2, 0) is 9.53 Å². The van der Waals surface area contributed by atoms with E-state index in [1.807, 2.05) is 13.0 Å². The Morgan fingerprint density at radius 2 is 2.25 bits per heavy atom. The van der Waals surface area contributed by atoms with Crippen LogP contribution in [0.4, 0.5) is 0 Å². The molecular formula is C12H12O4. The fourth-order valence-corrected chi connectivity index (χ4v) is 1.66. The third-order valence-corrected chi connectivity index (χ3v) is 2.34. The van der Waals surface area contributed by atoms with Gasteiger partial charge in [-0.2, -0.15) is 0 Å². The molecule has 0 radical (unpaired) electrons. The maximum atomic E-state index is 11.8. The fourth-order valence-electron chi connectivity index (χ4n) is 1.66. The molecule has 0 N–H and O–H groups in total. The van der Waals surface area contributed by atoms with E-state index in [9.17, 15) is 9.59 Å². The maximum absolute atomic E-state index is 11.8. The van der Waals surface area contributed by atoms with Crippen molar-refractivity contribution in [1.82, 2.24) is 0 Å². The normalized spacial score (nSPS) is 18.6. The third kappa shape index (κ3) is 2.05. The van der Waals surface area contributed by atoms with Crippen LogP contribution in [0.3, 0.4) is 0 Å². The lowest BCUT2D eigenvalue weighted by atomic mass is 10.0. The molecule has 1 aromatic rings. The first-order valence-electron chi connectivity index (χ1n) is 5.04. The van der Waals surface area contributed by atoms with Gasteiger partial charge in [-0.05, 0) is 19.1 Å². The molecule has 0 saturated heterocycles. The Morgan fingerprint density at radius 3 is 2.94 bits per heavy atom. The average Bonchev–Trinajstić information content (AvgIpc) is 2.18. The average molecular weight is 220 g/mol. The van der Waals surface area contributed by atoms with Gasteiger partial charge in [0.1, 0.15) is 5.75 Å². The number of esters is 1. The lowest BCUT2D eigenvalue weighted by molar-refractivity contribution is -0.160. The lowest BCUT2D eigenvalue weighted by Crippen LogP contribution is -2.30. The number of Topliss-reactive ketones (excluding diaryl/α,β-unsaturated/α-hetero) is 1. The molecule has 84 valence electrons. The Labute approximate surface area is 93.2 Å². The van der Waals surface area contributed by atoms with Crippen molar-refractivity contribution in [3.8, 4) is 5.75 Å². The number of ketones is 1. The minimum Gasteiger partial charge on any atom is -0.454 e. The van der Waals surface area contributed by atoms with Crippen molar-refractivity contribution < 1.29 is 19.1 Å². The van der Waals surface area contributed by atoms with Crippen LogP contribution in [0.25, 0.3) is 0 Å². The van der Waals surface area contributed by atoms with Gasteiger partial charge in [0.2, 0.25) is 0 Å². The number of benzene rings is 1. The fraction of sp³-hybridized carbons (Fsp3) is 0.333. The van der Waals surface area contributed by atoms with Gasteiger partial charge in [0.25, 0.3) is 6.29 Å². The lowest BCUT2D eigenvalue weighted by Gasteiger charge is -2.24. The molecule has 4 heteroatoms. The van der Waals surface area contributed by atoms with E-state index in [0.717, 1.165) is 5.56 Å². The Bertz CT molecular complexity index is 450. The second-order valence-electron chi connectivity index (χ2n) is 3.78. The van der Waals surface area contributed by atoms with Crippen LogP contribution in [0.5, 0.6) is 5.75 Å². The molecule has 0 saturated carbocycles. The summed E-state index contributed by atoms with van der Waals surface area (Å²) in [5.41, 5.74) is 1.56. The number of aryl methyl sites for hydroxylation is 1. The molecule has 1 aliphatic rings. The molecule has 1 heterocycles. The largest absolute Gasteiger partial charge is 0.454 e. The van der Waals surface area contributed by atoms with Gasteiger partial charge >= 0.3 is 5.97 Å². The van der Waals surface area contributed by atoms with E-state index in [0.29, 0.717) is 11.3 Å². The highest BCUT2D eigenvalue weighted by Crippen LogP contribution is 2.28. The highest BCUT2D eigenvalue weighted by molar-refractivity contribution is 6.00. The van der Waals surface area contributed by atoms with Crippen molar-refractivity contribution >= 4 is 11.8 Å². The molecule has 0 amide bonds. The van der Waals surface area contributed by atoms with Crippen LogP contribution < -0.4 is 4.74 Å². The van der Waals surface area contributed by atoms with Crippen LogP contribution in [0.15, 0.2) is 18.2 Å². The summed E-state index contributed by atoms with van der Waals surface area (Å²) in [7, 11) is 0. The summed E-state index contributed by atoms with van der Waals surface area (Å²) < 4.78 is 10.3. The van der Waals surface area contributed by atoms with Gasteiger partial charge in [0.15, 0.2) is 5.78 Å². The number of carbonyl (C=O) groups is 2. The molecule has 1 aromatic carbocycles. The summed E-state index contributed by atoms with van der Waals surface area (Å²) in [6.07, 6.45) is -0.712. The van der Waals surface area contributed by atoms with Gasteiger partial charge in [-0.1, -0.05) is 11.6 Å². The number of fused-ring (bicyclic) bond motifs is 1. The van der Waals surface area contributed by atoms with Gasteiger partial charge in [0, 0.05) is 6.92 Å². The molecule has 0 aliphatic carbocycles. The van der Waals surface area contributed by atoms with E-state index in [4.69, 9.17) is 9.47 Å². The SMILES string of the molecule is CC(=O)OC1CC(=O)c2cc(C)ccc2O1. The molecular weight excluding hydrogens is 208 g/mol. The predicted octanol–water partition coefficient (Wildman–Crippen LogP) is 1.85. The maximum Gasteiger partial charge on any atom is 0.305 e. The second kappa shape index (κ2) is 3.96. The summed E-state index contributed by atoms with van der Waals surface area (Å²) in [6.45, 7) is 3.20. The second-order valence-corrected chi connectivity index (χ2v) is 3.78. The van der Waals surface area contributed by atoms with Crippen LogP contribution in [0, 0.1) is 6.92 Å². The van der Waals surface area contributed by atoms with E-state index >= 15 is 0 Å². The van der Waals surface area contributed by atoms with Gasteiger partial charge < -0.3 is 9.47 Å². The molecule has 1 aliphatic heterocycles. The topological polar surface area (TPSA) is 52.6 Å². The van der Waals surface area contributed by atoms with Crippen molar-refractivity contribution in [2.75, 3.05) is 0 Å². The van der Waals surface area contributed by atoms with E-state index in [2.05, 4.69) is 0 Å². The highest BCUT2D eigenvalue weighted by atomic mass is 16.7.